The molecule has 35 heavy (non-hydrogen) atoms. The van der Waals surface area contributed by atoms with Gasteiger partial charge in [0.2, 0.25) is 0 Å². The highest BCUT2D eigenvalue weighted by Gasteiger charge is 2.37. The average Bonchev–Trinajstić information content (AvgIpc) is 3.57. The van der Waals surface area contributed by atoms with Crippen LogP contribution < -0.4 is 5.32 Å². The fourth-order valence-corrected chi connectivity index (χ4v) is 4.95. The summed E-state index contributed by atoms with van der Waals surface area (Å²) in [6, 6.07) is 21.9. The van der Waals surface area contributed by atoms with Gasteiger partial charge in [0, 0.05) is 48.6 Å². The van der Waals surface area contributed by atoms with Crippen molar-refractivity contribution in [2.45, 2.75) is 31.7 Å². The Morgan fingerprint density at radius 2 is 1.89 bits per heavy atom. The van der Waals surface area contributed by atoms with Gasteiger partial charge in [0.15, 0.2) is 0 Å². The van der Waals surface area contributed by atoms with Crippen LogP contribution in [0.15, 0.2) is 85.3 Å². The Morgan fingerprint density at radius 1 is 1.03 bits per heavy atom. The number of amides is 1. The molecule has 7 heteroatoms. The Hall–Kier alpha value is -3.97. The first-order chi connectivity index (χ1) is 17.3. The Labute approximate surface area is 204 Å². The number of ether oxygens (including phenoxy) is 1. The van der Waals surface area contributed by atoms with Crippen molar-refractivity contribution in [3.63, 3.8) is 0 Å². The molecule has 4 heterocycles. The molecule has 0 aliphatic carbocycles. The number of anilines is 1. The normalized spacial score (nSPS) is 19.4. The maximum Gasteiger partial charge on any atom is 0.257 e. The zero-order chi connectivity index (χ0) is 23.6. The number of fused-ring (bicyclic) bond motifs is 1. The van der Waals surface area contributed by atoms with E-state index in [2.05, 4.69) is 28.6 Å². The molecule has 0 unspecified atom stereocenters. The average molecular weight is 466 g/mol. The summed E-state index contributed by atoms with van der Waals surface area (Å²) in [5, 5.41) is 8.60. The van der Waals surface area contributed by atoms with E-state index >= 15 is 0 Å². The molecule has 2 aromatic carbocycles. The molecule has 0 radical (unpaired) electrons. The van der Waals surface area contributed by atoms with E-state index in [1.807, 2.05) is 70.4 Å². The van der Waals surface area contributed by atoms with Gasteiger partial charge in [0.05, 0.1) is 18.2 Å². The van der Waals surface area contributed by atoms with Gasteiger partial charge >= 0.3 is 0 Å². The van der Waals surface area contributed by atoms with Gasteiger partial charge in [0.1, 0.15) is 11.9 Å². The van der Waals surface area contributed by atoms with Gasteiger partial charge in [-0.15, -0.1) is 0 Å². The summed E-state index contributed by atoms with van der Waals surface area (Å²) in [7, 11) is 0. The number of carbonyl (C=O) groups excluding carboxylic acids is 1. The van der Waals surface area contributed by atoms with Crippen molar-refractivity contribution in [3.8, 4) is 11.3 Å². The molecule has 6 rings (SSSR count). The number of benzene rings is 2. The first-order valence-corrected chi connectivity index (χ1v) is 12.1. The third kappa shape index (κ3) is 4.31. The predicted molar refractivity (Wildman–Crippen MR) is 134 cm³/mol. The zero-order valence-corrected chi connectivity index (χ0v) is 19.4. The summed E-state index contributed by atoms with van der Waals surface area (Å²) in [5.74, 6) is 0.00722. The van der Waals surface area contributed by atoms with Crippen LogP contribution in [0.4, 0.5) is 5.69 Å². The molecule has 0 spiro atoms. The SMILES string of the molecule is O=C1c2ccccc2N[C@@H](c2cn(Cc3ccccc3)nc2-c2cccnc2)N1C[C@@H]1CCCO1. The minimum atomic E-state index is -0.374. The Kier molecular flexibility index (Phi) is 5.76. The van der Waals surface area contributed by atoms with Gasteiger partial charge in [-0.1, -0.05) is 42.5 Å². The number of pyridine rings is 1. The molecule has 0 saturated carbocycles. The van der Waals surface area contributed by atoms with E-state index in [9.17, 15) is 4.79 Å². The molecule has 2 atom stereocenters. The lowest BCUT2D eigenvalue weighted by Crippen LogP contribution is -2.46. The van der Waals surface area contributed by atoms with Crippen molar-refractivity contribution in [1.82, 2.24) is 19.7 Å². The van der Waals surface area contributed by atoms with Crippen LogP contribution in [0.2, 0.25) is 0 Å². The number of rotatable bonds is 6. The molecule has 1 fully saturated rings. The van der Waals surface area contributed by atoms with Crippen LogP contribution in [0.5, 0.6) is 0 Å². The summed E-state index contributed by atoms with van der Waals surface area (Å²) in [6.45, 7) is 1.91. The minimum absolute atomic E-state index is 0.00722. The van der Waals surface area contributed by atoms with E-state index in [-0.39, 0.29) is 18.2 Å². The van der Waals surface area contributed by atoms with E-state index in [1.165, 1.54) is 0 Å². The molecule has 2 aliphatic rings. The van der Waals surface area contributed by atoms with Crippen molar-refractivity contribution in [2.75, 3.05) is 18.5 Å². The van der Waals surface area contributed by atoms with E-state index < -0.39 is 0 Å². The highest BCUT2D eigenvalue weighted by atomic mass is 16.5. The summed E-state index contributed by atoms with van der Waals surface area (Å²) in [6.07, 6.45) is 7.28. The summed E-state index contributed by atoms with van der Waals surface area (Å²) in [5.41, 5.74) is 5.35. The summed E-state index contributed by atoms with van der Waals surface area (Å²) < 4.78 is 7.87. The standard InChI is InChI=1S/C28H27N5O2/c34-28-23-12-4-5-13-25(23)30-27(33(28)18-22-11-7-15-35-22)24-19-32(17-20-8-2-1-3-9-20)31-26(24)21-10-6-14-29-16-21/h1-6,8-10,12-14,16,19,22,27,30H,7,11,15,17-18H2/t22-,27+/m0/s1. The summed E-state index contributed by atoms with van der Waals surface area (Å²) in [4.78, 5) is 20.0. The van der Waals surface area contributed by atoms with Gasteiger partial charge in [0.25, 0.3) is 5.91 Å². The number of hydrogen-bond acceptors (Lipinski definition) is 5. The Morgan fingerprint density at radius 3 is 2.69 bits per heavy atom. The Balaban J connectivity index is 1.44. The lowest BCUT2D eigenvalue weighted by Gasteiger charge is -2.39. The first kappa shape index (κ1) is 21.6. The molecule has 1 amide bonds. The monoisotopic (exact) mass is 465 g/mol. The third-order valence-corrected chi connectivity index (χ3v) is 6.65. The molecule has 4 aromatic rings. The number of aromatic nitrogens is 3. The maximum absolute atomic E-state index is 13.7. The van der Waals surface area contributed by atoms with Crippen molar-refractivity contribution in [2.24, 2.45) is 0 Å². The number of para-hydroxylation sites is 1. The topological polar surface area (TPSA) is 72.3 Å². The number of nitrogens with zero attached hydrogens (tertiary/aromatic N) is 4. The minimum Gasteiger partial charge on any atom is -0.376 e. The van der Waals surface area contributed by atoms with E-state index in [1.54, 1.807) is 6.20 Å². The molecule has 0 bridgehead atoms. The van der Waals surface area contributed by atoms with Crippen molar-refractivity contribution >= 4 is 11.6 Å². The van der Waals surface area contributed by atoms with E-state index in [4.69, 9.17) is 9.84 Å². The van der Waals surface area contributed by atoms with Crippen LogP contribution in [-0.4, -0.2) is 44.8 Å². The van der Waals surface area contributed by atoms with Crippen LogP contribution in [0.1, 0.15) is 40.5 Å². The van der Waals surface area contributed by atoms with Crippen molar-refractivity contribution in [1.29, 1.82) is 0 Å². The fraction of sp³-hybridized carbons (Fsp3) is 0.250. The molecule has 2 aliphatic heterocycles. The predicted octanol–water partition coefficient (Wildman–Crippen LogP) is 4.74. The van der Waals surface area contributed by atoms with Gasteiger partial charge in [-0.2, -0.15) is 5.10 Å². The molecule has 1 N–H and O–H groups in total. The van der Waals surface area contributed by atoms with Crippen LogP contribution in [0.3, 0.4) is 0 Å². The van der Waals surface area contributed by atoms with E-state index in [0.29, 0.717) is 18.7 Å². The second-order valence-corrected chi connectivity index (χ2v) is 9.04. The smallest absolute Gasteiger partial charge is 0.257 e. The van der Waals surface area contributed by atoms with Crippen LogP contribution in [0, 0.1) is 0 Å². The third-order valence-electron chi connectivity index (χ3n) is 6.65. The molecule has 7 nitrogen and oxygen atoms in total. The highest BCUT2D eigenvalue weighted by molar-refractivity contribution is 6.01. The Bertz CT molecular complexity index is 1320. The fourth-order valence-electron chi connectivity index (χ4n) is 4.95. The van der Waals surface area contributed by atoms with Gasteiger partial charge in [-0.05, 0) is 42.7 Å². The van der Waals surface area contributed by atoms with Gasteiger partial charge in [-0.3, -0.25) is 14.5 Å². The van der Waals surface area contributed by atoms with Crippen molar-refractivity contribution < 1.29 is 9.53 Å². The maximum atomic E-state index is 13.7. The van der Waals surface area contributed by atoms with E-state index in [0.717, 1.165) is 47.5 Å². The molecule has 2 aromatic heterocycles. The molecule has 1 saturated heterocycles. The quantitative estimate of drug-likeness (QED) is 0.445. The van der Waals surface area contributed by atoms with Crippen LogP contribution in [0.25, 0.3) is 11.3 Å². The lowest BCUT2D eigenvalue weighted by molar-refractivity contribution is 0.0427. The van der Waals surface area contributed by atoms with Crippen LogP contribution in [-0.2, 0) is 11.3 Å². The van der Waals surface area contributed by atoms with Gasteiger partial charge < -0.3 is 15.0 Å². The highest BCUT2D eigenvalue weighted by Crippen LogP contribution is 2.37. The second-order valence-electron chi connectivity index (χ2n) is 9.04. The van der Waals surface area contributed by atoms with Crippen LogP contribution >= 0.6 is 0 Å². The molecular formula is C28H27N5O2. The first-order valence-electron chi connectivity index (χ1n) is 12.1. The molecular weight excluding hydrogens is 438 g/mol. The summed E-state index contributed by atoms with van der Waals surface area (Å²) >= 11 is 0. The lowest BCUT2D eigenvalue weighted by atomic mass is 10.0. The second kappa shape index (κ2) is 9.35. The number of carbonyl (C=O) groups is 1. The van der Waals surface area contributed by atoms with Gasteiger partial charge in [-0.25, -0.2) is 0 Å². The number of hydrogen-bond donors (Lipinski definition) is 1. The van der Waals surface area contributed by atoms with Crippen molar-refractivity contribution in [3.05, 3.63) is 102 Å². The largest absolute Gasteiger partial charge is 0.376 e. The zero-order valence-electron chi connectivity index (χ0n) is 19.4. The molecule has 176 valence electrons. The number of nitrogens with one attached hydrogen (secondary N) is 1.